The fourth-order valence-electron chi connectivity index (χ4n) is 4.13. The van der Waals surface area contributed by atoms with E-state index in [4.69, 9.17) is 27.6 Å². The van der Waals surface area contributed by atoms with E-state index >= 15 is 0 Å². The fourth-order valence-corrected chi connectivity index (χ4v) is 4.50. The van der Waals surface area contributed by atoms with Crippen molar-refractivity contribution in [1.82, 2.24) is 4.90 Å². The van der Waals surface area contributed by atoms with Crippen LogP contribution in [0.1, 0.15) is 27.7 Å². The summed E-state index contributed by atoms with van der Waals surface area (Å²) in [4.78, 5) is 28.0. The van der Waals surface area contributed by atoms with Crippen molar-refractivity contribution in [2.24, 2.45) is 0 Å². The Balaban J connectivity index is 1.61. The van der Waals surface area contributed by atoms with Crippen LogP contribution in [-0.4, -0.2) is 26.8 Å². The summed E-state index contributed by atoms with van der Waals surface area (Å²) in [6.07, 6.45) is 0. The van der Waals surface area contributed by atoms with E-state index in [-0.39, 0.29) is 28.7 Å². The van der Waals surface area contributed by atoms with Crippen molar-refractivity contribution in [2.75, 3.05) is 0 Å². The number of fused-ring (bicyclic) bond motifs is 1. The van der Waals surface area contributed by atoms with Crippen LogP contribution in [0.4, 0.5) is 4.39 Å². The highest BCUT2D eigenvalue weighted by atomic mass is 35.5. The predicted molar refractivity (Wildman–Crippen MR) is 128 cm³/mol. The lowest BCUT2D eigenvalue weighted by Gasteiger charge is -2.27. The van der Waals surface area contributed by atoms with Gasteiger partial charge in [-0.15, -0.1) is 0 Å². The Morgan fingerprint density at radius 1 is 1.00 bits per heavy atom. The number of halogens is 3. The number of aromatic hydroxyl groups is 1. The first-order valence-electron chi connectivity index (χ1n) is 10.4. The van der Waals surface area contributed by atoms with Crippen LogP contribution in [0.5, 0.6) is 5.75 Å². The molecule has 0 aliphatic carbocycles. The fraction of sp³-hybridized carbons (Fsp3) is 0.0769. The molecule has 9 heteroatoms. The number of benzene rings is 3. The van der Waals surface area contributed by atoms with Gasteiger partial charge in [-0.05, 0) is 59.7 Å². The number of hydrogen-bond donors (Lipinski definition) is 2. The first-order valence-corrected chi connectivity index (χ1v) is 11.2. The van der Waals surface area contributed by atoms with Crippen molar-refractivity contribution < 1.29 is 28.6 Å². The maximum Gasteiger partial charge on any atom is 0.290 e. The van der Waals surface area contributed by atoms with Crippen LogP contribution in [0, 0.1) is 5.82 Å². The van der Waals surface area contributed by atoms with Gasteiger partial charge in [0.25, 0.3) is 5.91 Å². The summed E-state index contributed by atoms with van der Waals surface area (Å²) in [6.45, 7) is -0.0289. The number of nitrogens with zero attached hydrogens (tertiary/aromatic N) is 1. The van der Waals surface area contributed by atoms with Gasteiger partial charge in [0, 0.05) is 17.0 Å². The minimum Gasteiger partial charge on any atom is -0.506 e. The molecule has 176 valence electrons. The summed E-state index contributed by atoms with van der Waals surface area (Å²) in [5, 5.41) is 21.7. The normalized spacial score (nSPS) is 15.9. The van der Waals surface area contributed by atoms with Gasteiger partial charge in [-0.1, -0.05) is 41.4 Å². The number of Topliss-reactive ketones (excluding diaryl/α,β-unsaturated/α-hetero) is 1. The smallest absolute Gasteiger partial charge is 0.290 e. The molecule has 5 rings (SSSR count). The number of amides is 1. The third kappa shape index (κ3) is 4.13. The Bertz CT molecular complexity index is 1530. The molecular weight excluding hydrogens is 496 g/mol. The maximum atomic E-state index is 13.6. The molecule has 0 radical (unpaired) electrons. The highest BCUT2D eigenvalue weighted by molar-refractivity contribution is 6.32. The molecule has 0 spiro atoms. The van der Waals surface area contributed by atoms with Gasteiger partial charge in [-0.3, -0.25) is 9.59 Å². The topological polar surface area (TPSA) is 91.0 Å². The standard InChI is InChI=1S/C26H16Cl2FNO5/c27-16-4-8-20-15(9-16)11-21(35-20)24(32)22-23(14-3-7-19(31)18(28)10-14)30(26(34)25(22)33)12-13-1-5-17(29)6-2-13/h1-11,23,31,33H,12H2. The summed E-state index contributed by atoms with van der Waals surface area (Å²) >= 11 is 12.1. The van der Waals surface area contributed by atoms with Crippen molar-refractivity contribution in [3.8, 4) is 5.75 Å². The van der Waals surface area contributed by atoms with E-state index in [1.165, 1.54) is 53.4 Å². The van der Waals surface area contributed by atoms with Crippen LogP contribution in [0.15, 0.2) is 82.5 Å². The molecule has 35 heavy (non-hydrogen) atoms. The van der Waals surface area contributed by atoms with Gasteiger partial charge in [0.2, 0.25) is 5.78 Å². The average Bonchev–Trinajstić information content (AvgIpc) is 3.36. The first-order chi connectivity index (χ1) is 16.7. The summed E-state index contributed by atoms with van der Waals surface area (Å²) in [5.41, 5.74) is 1.17. The van der Waals surface area contributed by atoms with E-state index in [9.17, 15) is 24.2 Å². The second kappa shape index (κ2) is 8.76. The zero-order valence-corrected chi connectivity index (χ0v) is 19.3. The third-order valence-electron chi connectivity index (χ3n) is 5.80. The molecule has 1 amide bonds. The van der Waals surface area contributed by atoms with E-state index in [2.05, 4.69) is 0 Å². The summed E-state index contributed by atoms with van der Waals surface area (Å²) in [6, 6.07) is 15.0. The molecule has 1 aromatic heterocycles. The van der Waals surface area contributed by atoms with Crippen molar-refractivity contribution in [2.45, 2.75) is 12.6 Å². The second-order valence-corrected chi connectivity index (χ2v) is 8.90. The van der Waals surface area contributed by atoms with Crippen molar-refractivity contribution in [3.05, 3.63) is 111 Å². The van der Waals surface area contributed by atoms with Crippen LogP contribution >= 0.6 is 23.2 Å². The van der Waals surface area contributed by atoms with Gasteiger partial charge in [-0.2, -0.15) is 0 Å². The molecule has 1 aliphatic heterocycles. The zero-order valence-electron chi connectivity index (χ0n) is 17.8. The van der Waals surface area contributed by atoms with Crippen molar-refractivity contribution in [3.63, 3.8) is 0 Å². The second-order valence-electron chi connectivity index (χ2n) is 8.06. The number of phenolic OH excluding ortho intramolecular Hbond substituents is 1. The molecule has 2 heterocycles. The largest absolute Gasteiger partial charge is 0.506 e. The lowest BCUT2D eigenvalue weighted by Crippen LogP contribution is -2.30. The number of carbonyl (C=O) groups excluding carboxylic acids is 2. The number of ketones is 1. The lowest BCUT2D eigenvalue weighted by atomic mass is 9.94. The third-order valence-corrected chi connectivity index (χ3v) is 6.34. The Morgan fingerprint density at radius 2 is 1.74 bits per heavy atom. The van der Waals surface area contributed by atoms with Crippen LogP contribution in [0.2, 0.25) is 10.0 Å². The Hall–Kier alpha value is -3.81. The van der Waals surface area contributed by atoms with E-state index in [0.717, 1.165) is 0 Å². The van der Waals surface area contributed by atoms with Gasteiger partial charge in [-0.25, -0.2) is 4.39 Å². The molecule has 0 saturated carbocycles. The Labute approximate surface area is 208 Å². The van der Waals surface area contributed by atoms with Gasteiger partial charge in [0.15, 0.2) is 11.5 Å². The molecule has 2 N–H and O–H groups in total. The Morgan fingerprint density at radius 3 is 2.46 bits per heavy atom. The number of phenols is 1. The van der Waals surface area contributed by atoms with Crippen molar-refractivity contribution >= 4 is 45.9 Å². The van der Waals surface area contributed by atoms with E-state index < -0.39 is 29.3 Å². The number of aliphatic hydroxyl groups excluding tert-OH is 1. The SMILES string of the molecule is O=C(C1=C(O)C(=O)N(Cc2ccc(F)cc2)C1c1ccc(O)c(Cl)c1)c1cc2cc(Cl)ccc2o1. The summed E-state index contributed by atoms with van der Waals surface area (Å²) in [5.74, 6) is -2.92. The maximum absolute atomic E-state index is 13.6. The van der Waals surface area contributed by atoms with E-state index in [0.29, 0.717) is 27.1 Å². The first kappa shape index (κ1) is 23.0. The molecule has 3 aromatic carbocycles. The van der Waals surface area contributed by atoms with Gasteiger partial charge in [0.1, 0.15) is 17.1 Å². The minimum absolute atomic E-state index is 0.00764. The number of rotatable bonds is 5. The lowest BCUT2D eigenvalue weighted by molar-refractivity contribution is -0.130. The van der Waals surface area contributed by atoms with Crippen LogP contribution in [0.25, 0.3) is 11.0 Å². The average molecular weight is 512 g/mol. The number of aliphatic hydroxyl groups is 1. The van der Waals surface area contributed by atoms with Crippen LogP contribution < -0.4 is 0 Å². The molecule has 1 atom stereocenters. The van der Waals surface area contributed by atoms with Gasteiger partial charge in [0.05, 0.1) is 16.6 Å². The monoisotopic (exact) mass is 511 g/mol. The quantitative estimate of drug-likeness (QED) is 0.304. The van der Waals surface area contributed by atoms with Crippen molar-refractivity contribution in [1.29, 1.82) is 0 Å². The van der Waals surface area contributed by atoms with Crippen LogP contribution in [-0.2, 0) is 11.3 Å². The highest BCUT2D eigenvalue weighted by Crippen LogP contribution is 2.42. The molecule has 0 bridgehead atoms. The van der Waals surface area contributed by atoms with Gasteiger partial charge < -0.3 is 19.5 Å². The minimum atomic E-state index is -1.05. The summed E-state index contributed by atoms with van der Waals surface area (Å²) in [7, 11) is 0. The van der Waals surface area contributed by atoms with E-state index in [1.54, 1.807) is 18.2 Å². The molecular formula is C26H16Cl2FNO5. The molecule has 4 aromatic rings. The van der Waals surface area contributed by atoms with Crippen LogP contribution in [0.3, 0.4) is 0 Å². The molecule has 0 fully saturated rings. The predicted octanol–water partition coefficient (Wildman–Crippen LogP) is 6.36. The molecule has 6 nitrogen and oxygen atoms in total. The molecule has 0 saturated heterocycles. The van der Waals surface area contributed by atoms with Gasteiger partial charge >= 0.3 is 0 Å². The number of carbonyl (C=O) groups is 2. The number of hydrogen-bond acceptors (Lipinski definition) is 5. The highest BCUT2D eigenvalue weighted by Gasteiger charge is 2.44. The molecule has 1 unspecified atom stereocenters. The zero-order chi connectivity index (χ0) is 24.9. The Kier molecular flexibility index (Phi) is 5.75. The number of furan rings is 1. The molecule has 1 aliphatic rings. The van der Waals surface area contributed by atoms with E-state index in [1.807, 2.05) is 0 Å². The summed E-state index contributed by atoms with van der Waals surface area (Å²) < 4.78 is 19.1.